The van der Waals surface area contributed by atoms with Gasteiger partial charge in [0.15, 0.2) is 0 Å². The van der Waals surface area contributed by atoms with Crippen molar-refractivity contribution in [2.75, 3.05) is 12.4 Å². The van der Waals surface area contributed by atoms with Gasteiger partial charge in [-0.05, 0) is 58.8 Å². The first-order chi connectivity index (χ1) is 9.69. The van der Waals surface area contributed by atoms with Crippen LogP contribution >= 0.6 is 22.6 Å². The fourth-order valence-electron chi connectivity index (χ4n) is 1.95. The zero-order chi connectivity index (χ0) is 14.4. The molecule has 0 radical (unpaired) electrons. The largest absolute Gasteiger partial charge is 0.496 e. The van der Waals surface area contributed by atoms with E-state index in [2.05, 4.69) is 27.9 Å². The molecule has 20 heavy (non-hydrogen) atoms. The van der Waals surface area contributed by atoms with Gasteiger partial charge in [0.25, 0.3) is 0 Å². The Bertz CT molecular complexity index is 599. The zero-order valence-corrected chi connectivity index (χ0v) is 13.4. The molecule has 0 atom stereocenters. The SMILES string of the molecule is COc1ccccc1CCC(=O)Nc1cccc(I)c1. The van der Waals surface area contributed by atoms with Crippen molar-refractivity contribution >= 4 is 34.2 Å². The molecule has 4 heteroatoms. The van der Waals surface area contributed by atoms with Gasteiger partial charge in [-0.3, -0.25) is 4.79 Å². The predicted octanol–water partition coefficient (Wildman–Crippen LogP) is 3.87. The number of carbonyl (C=O) groups is 1. The normalized spacial score (nSPS) is 10.1. The van der Waals surface area contributed by atoms with E-state index in [4.69, 9.17) is 4.74 Å². The number of nitrogens with one attached hydrogen (secondary N) is 1. The third-order valence-electron chi connectivity index (χ3n) is 2.92. The number of ether oxygens (including phenoxy) is 1. The van der Waals surface area contributed by atoms with Gasteiger partial charge in [-0.25, -0.2) is 0 Å². The van der Waals surface area contributed by atoms with Crippen molar-refractivity contribution in [2.24, 2.45) is 0 Å². The van der Waals surface area contributed by atoms with Gasteiger partial charge in [0.1, 0.15) is 5.75 Å². The lowest BCUT2D eigenvalue weighted by molar-refractivity contribution is -0.116. The van der Waals surface area contributed by atoms with Crippen molar-refractivity contribution in [3.63, 3.8) is 0 Å². The van der Waals surface area contributed by atoms with Gasteiger partial charge in [-0.15, -0.1) is 0 Å². The molecule has 0 spiro atoms. The van der Waals surface area contributed by atoms with E-state index in [0.717, 1.165) is 20.6 Å². The summed E-state index contributed by atoms with van der Waals surface area (Å²) in [4.78, 5) is 11.9. The summed E-state index contributed by atoms with van der Waals surface area (Å²) in [5, 5.41) is 2.91. The van der Waals surface area contributed by atoms with Gasteiger partial charge in [0.05, 0.1) is 7.11 Å². The molecule has 0 aliphatic carbocycles. The lowest BCUT2D eigenvalue weighted by Gasteiger charge is -2.08. The molecule has 0 heterocycles. The molecule has 0 fully saturated rings. The Morgan fingerprint density at radius 3 is 2.75 bits per heavy atom. The lowest BCUT2D eigenvalue weighted by atomic mass is 10.1. The first kappa shape index (κ1) is 14.8. The molecule has 0 aliphatic rings. The van der Waals surface area contributed by atoms with Crippen LogP contribution in [-0.4, -0.2) is 13.0 Å². The third kappa shape index (κ3) is 4.23. The van der Waals surface area contributed by atoms with Crippen LogP contribution in [0.1, 0.15) is 12.0 Å². The Labute approximate surface area is 132 Å². The minimum absolute atomic E-state index is 0.0120. The number of halogens is 1. The highest BCUT2D eigenvalue weighted by Gasteiger charge is 2.06. The number of hydrogen-bond acceptors (Lipinski definition) is 2. The van der Waals surface area contributed by atoms with Gasteiger partial charge in [0, 0.05) is 15.7 Å². The summed E-state index contributed by atoms with van der Waals surface area (Å²) in [6.07, 6.45) is 1.10. The summed E-state index contributed by atoms with van der Waals surface area (Å²) < 4.78 is 6.38. The summed E-state index contributed by atoms with van der Waals surface area (Å²) in [5.41, 5.74) is 1.88. The number of methoxy groups -OCH3 is 1. The van der Waals surface area contributed by atoms with Crippen molar-refractivity contribution in [3.05, 3.63) is 57.7 Å². The summed E-state index contributed by atoms with van der Waals surface area (Å²) in [6, 6.07) is 15.5. The number of benzene rings is 2. The van der Waals surface area contributed by atoms with Crippen molar-refractivity contribution in [3.8, 4) is 5.75 Å². The van der Waals surface area contributed by atoms with Crippen molar-refractivity contribution in [1.29, 1.82) is 0 Å². The third-order valence-corrected chi connectivity index (χ3v) is 3.59. The zero-order valence-electron chi connectivity index (χ0n) is 11.2. The Morgan fingerprint density at radius 2 is 2.00 bits per heavy atom. The molecule has 0 aromatic heterocycles. The Morgan fingerprint density at radius 1 is 1.20 bits per heavy atom. The second-order valence-electron chi connectivity index (χ2n) is 4.37. The number of anilines is 1. The second-order valence-corrected chi connectivity index (χ2v) is 5.62. The van der Waals surface area contributed by atoms with Crippen molar-refractivity contribution in [1.82, 2.24) is 0 Å². The van der Waals surface area contributed by atoms with Crippen LogP contribution in [0, 0.1) is 3.57 Å². The molecule has 2 rings (SSSR count). The van der Waals surface area contributed by atoms with E-state index in [1.165, 1.54) is 0 Å². The standard InChI is InChI=1S/C16H16INO2/c1-20-15-8-3-2-5-12(15)9-10-16(19)18-14-7-4-6-13(17)11-14/h2-8,11H,9-10H2,1H3,(H,18,19). The Kier molecular flexibility index (Phi) is 5.40. The van der Waals surface area contributed by atoms with Crippen LogP contribution < -0.4 is 10.1 Å². The first-order valence-electron chi connectivity index (χ1n) is 6.36. The lowest BCUT2D eigenvalue weighted by Crippen LogP contribution is -2.12. The maximum Gasteiger partial charge on any atom is 0.224 e. The van der Waals surface area contributed by atoms with Crippen LogP contribution in [-0.2, 0) is 11.2 Å². The molecule has 0 saturated carbocycles. The molecule has 0 aliphatic heterocycles. The van der Waals surface area contributed by atoms with Crippen LogP contribution in [0.4, 0.5) is 5.69 Å². The highest BCUT2D eigenvalue weighted by molar-refractivity contribution is 14.1. The molecule has 3 nitrogen and oxygen atoms in total. The van der Waals surface area contributed by atoms with Crippen molar-refractivity contribution < 1.29 is 9.53 Å². The van der Waals surface area contributed by atoms with Gasteiger partial charge in [-0.2, -0.15) is 0 Å². The molecule has 104 valence electrons. The maximum absolute atomic E-state index is 11.9. The minimum atomic E-state index is 0.0120. The van der Waals surface area contributed by atoms with Gasteiger partial charge >= 0.3 is 0 Å². The van der Waals surface area contributed by atoms with Gasteiger partial charge in [-0.1, -0.05) is 24.3 Å². The van der Waals surface area contributed by atoms with Gasteiger partial charge < -0.3 is 10.1 Å². The molecule has 1 N–H and O–H groups in total. The molecule has 0 saturated heterocycles. The van der Waals surface area contributed by atoms with Crippen LogP contribution in [0.2, 0.25) is 0 Å². The quantitative estimate of drug-likeness (QED) is 0.799. The van der Waals surface area contributed by atoms with E-state index in [0.29, 0.717) is 12.8 Å². The summed E-state index contributed by atoms with van der Waals surface area (Å²) in [7, 11) is 1.64. The number of rotatable bonds is 5. The Hall–Kier alpha value is -1.56. The number of para-hydroxylation sites is 1. The topological polar surface area (TPSA) is 38.3 Å². The van der Waals surface area contributed by atoms with E-state index in [1.54, 1.807) is 7.11 Å². The average molecular weight is 381 g/mol. The monoisotopic (exact) mass is 381 g/mol. The molecular formula is C16H16INO2. The molecule has 1 amide bonds. The fraction of sp³-hybridized carbons (Fsp3) is 0.188. The van der Waals surface area contributed by atoms with E-state index in [1.807, 2.05) is 48.5 Å². The molecular weight excluding hydrogens is 365 g/mol. The highest BCUT2D eigenvalue weighted by atomic mass is 127. The number of carbonyl (C=O) groups excluding carboxylic acids is 1. The molecule has 0 bridgehead atoms. The van der Waals surface area contributed by atoms with Crippen molar-refractivity contribution in [2.45, 2.75) is 12.8 Å². The summed E-state index contributed by atoms with van der Waals surface area (Å²) >= 11 is 2.22. The summed E-state index contributed by atoms with van der Waals surface area (Å²) in [6.45, 7) is 0. The second kappa shape index (κ2) is 7.28. The van der Waals surface area contributed by atoms with Crippen LogP contribution in [0.25, 0.3) is 0 Å². The summed E-state index contributed by atoms with van der Waals surface area (Å²) in [5.74, 6) is 0.840. The number of amides is 1. The minimum Gasteiger partial charge on any atom is -0.496 e. The van der Waals surface area contributed by atoms with E-state index in [9.17, 15) is 4.79 Å². The smallest absolute Gasteiger partial charge is 0.224 e. The molecule has 2 aromatic carbocycles. The number of aryl methyl sites for hydroxylation is 1. The van der Waals surface area contributed by atoms with E-state index in [-0.39, 0.29) is 5.91 Å². The highest BCUT2D eigenvalue weighted by Crippen LogP contribution is 2.19. The van der Waals surface area contributed by atoms with Crippen LogP contribution in [0.3, 0.4) is 0 Å². The maximum atomic E-state index is 11.9. The molecule has 2 aromatic rings. The molecule has 0 unspecified atom stereocenters. The number of hydrogen-bond donors (Lipinski definition) is 1. The van der Waals surface area contributed by atoms with Crippen LogP contribution in [0.5, 0.6) is 5.75 Å². The first-order valence-corrected chi connectivity index (χ1v) is 7.44. The van der Waals surface area contributed by atoms with E-state index >= 15 is 0 Å². The van der Waals surface area contributed by atoms with Crippen LogP contribution in [0.15, 0.2) is 48.5 Å². The van der Waals surface area contributed by atoms with E-state index < -0.39 is 0 Å². The van der Waals surface area contributed by atoms with Gasteiger partial charge in [0.2, 0.25) is 5.91 Å². The Balaban J connectivity index is 1.92. The fourth-order valence-corrected chi connectivity index (χ4v) is 2.49. The predicted molar refractivity (Wildman–Crippen MR) is 89.1 cm³/mol. The average Bonchev–Trinajstić information content (AvgIpc) is 2.45.